The third-order valence-corrected chi connectivity index (χ3v) is 15.6. The molecule has 0 saturated heterocycles. The maximum atomic E-state index is 2.49. The van der Waals surface area contributed by atoms with Gasteiger partial charge in [-0.2, -0.15) is 0 Å². The van der Waals surface area contributed by atoms with Crippen LogP contribution in [0.25, 0.3) is 86.9 Å². The summed E-state index contributed by atoms with van der Waals surface area (Å²) in [6.45, 7) is 0. The summed E-state index contributed by atoms with van der Waals surface area (Å²) in [5.74, 6) is 0. The molecule has 338 valence electrons. The van der Waals surface area contributed by atoms with E-state index in [4.69, 9.17) is 0 Å². The van der Waals surface area contributed by atoms with Crippen LogP contribution in [0.3, 0.4) is 0 Å². The van der Waals surface area contributed by atoms with Crippen LogP contribution in [-0.4, -0.2) is 14.1 Å². The Bertz CT molecular complexity index is 4040. The van der Waals surface area contributed by atoms with Gasteiger partial charge < -0.3 is 19.6 Å². The fourth-order valence-electron chi connectivity index (χ4n) is 12.4. The lowest BCUT2D eigenvalue weighted by atomic mass is 9.82. The van der Waals surface area contributed by atoms with Crippen molar-refractivity contribution in [3.05, 3.63) is 243 Å². The van der Waals surface area contributed by atoms with Gasteiger partial charge in [-0.1, -0.05) is 158 Å². The Morgan fingerprint density at radius 1 is 0.222 bits per heavy atom. The summed E-state index contributed by atoms with van der Waals surface area (Å²) in [6, 6.07) is 90.4. The molecule has 0 amide bonds. The Morgan fingerprint density at radius 2 is 0.514 bits per heavy atom. The molecular weight excluding hydrogens is 873 g/mol. The molecule has 0 aromatic heterocycles. The van der Waals surface area contributed by atoms with Crippen LogP contribution in [0.2, 0.25) is 0 Å². The molecule has 4 heteroatoms. The highest BCUT2D eigenvalue weighted by Gasteiger charge is 2.31. The molecule has 2 aliphatic rings. The molecule has 2 aliphatic heterocycles. The van der Waals surface area contributed by atoms with E-state index in [0.29, 0.717) is 0 Å². The van der Waals surface area contributed by atoms with Crippen molar-refractivity contribution >= 4 is 122 Å². The van der Waals surface area contributed by atoms with Gasteiger partial charge in [0.25, 0.3) is 0 Å². The van der Waals surface area contributed by atoms with E-state index in [1.54, 1.807) is 0 Å². The first-order valence-electron chi connectivity index (χ1n) is 24.9. The Labute approximate surface area is 418 Å². The van der Waals surface area contributed by atoms with Crippen LogP contribution in [0.5, 0.6) is 0 Å². The van der Waals surface area contributed by atoms with E-state index in [1.165, 1.54) is 110 Å². The van der Waals surface area contributed by atoms with Crippen molar-refractivity contribution in [2.75, 3.05) is 33.7 Å². The number of anilines is 10. The van der Waals surface area contributed by atoms with Crippen LogP contribution in [-0.2, 0) is 0 Å². The Hall–Kier alpha value is -9.38. The third-order valence-electron chi connectivity index (χ3n) is 15.6. The maximum Gasteiger partial charge on any atom is 0.0699 e. The molecule has 4 nitrogen and oxygen atoms in total. The molecule has 0 aliphatic carbocycles. The third kappa shape index (κ3) is 5.81. The summed E-state index contributed by atoms with van der Waals surface area (Å²) in [5, 5.41) is 14.7. The van der Waals surface area contributed by atoms with E-state index in [1.807, 2.05) is 0 Å². The standard InChI is InChI=1S/C68H46N4/c1-69-59-27-11-15-31-63(59)71(64-32-16-12-28-60(64)69)45-35-37-53-57(41-45)67(55-39-43-19-3-5-21-47(43)49-23-7-9-25-51(49)55)54-38-36-46(72-65-33-17-13-29-61(65)70(2)62-30-14-18-34-66(62)72)42-58(54)68(53)56-40-44-20-4-6-22-48(44)50-24-8-10-26-52(50)56/h3-42H,1-2H3. The number of hydrogen-bond acceptors (Lipinski definition) is 4. The number of benzene rings is 13. The van der Waals surface area contributed by atoms with Crippen LogP contribution >= 0.6 is 0 Å². The molecule has 13 aromatic carbocycles. The van der Waals surface area contributed by atoms with Crippen LogP contribution < -0.4 is 19.6 Å². The Morgan fingerprint density at radius 3 is 0.875 bits per heavy atom. The number of rotatable bonds is 4. The van der Waals surface area contributed by atoms with Crippen molar-refractivity contribution in [3.8, 4) is 22.3 Å². The second-order valence-corrected chi connectivity index (χ2v) is 19.3. The number of nitrogens with zero attached hydrogens (tertiary/aromatic N) is 4. The van der Waals surface area contributed by atoms with Crippen molar-refractivity contribution in [1.29, 1.82) is 0 Å². The normalized spacial score (nSPS) is 13.0. The first-order chi connectivity index (χ1) is 35.6. The van der Waals surface area contributed by atoms with Gasteiger partial charge in [-0.25, -0.2) is 0 Å². The molecular formula is C68H46N4. The lowest BCUT2D eigenvalue weighted by molar-refractivity contribution is 1.13. The average molecular weight is 919 g/mol. The number of hydrogen-bond donors (Lipinski definition) is 0. The smallest absolute Gasteiger partial charge is 0.0699 e. The second-order valence-electron chi connectivity index (χ2n) is 19.3. The molecule has 0 spiro atoms. The first kappa shape index (κ1) is 40.5. The van der Waals surface area contributed by atoms with E-state index in [0.717, 1.165) is 34.1 Å². The molecule has 0 fully saturated rings. The van der Waals surface area contributed by atoms with Crippen molar-refractivity contribution in [2.24, 2.45) is 0 Å². The molecule has 0 N–H and O–H groups in total. The van der Waals surface area contributed by atoms with E-state index in [2.05, 4.69) is 276 Å². The zero-order valence-electron chi connectivity index (χ0n) is 39.9. The lowest BCUT2D eigenvalue weighted by Gasteiger charge is -2.39. The zero-order valence-corrected chi connectivity index (χ0v) is 39.9. The highest BCUT2D eigenvalue weighted by Crippen LogP contribution is 2.56. The van der Waals surface area contributed by atoms with Gasteiger partial charge in [-0.05, 0) is 172 Å². The summed E-state index contributed by atoms with van der Waals surface area (Å²) < 4.78 is 0. The van der Waals surface area contributed by atoms with Crippen LogP contribution in [0, 0.1) is 0 Å². The predicted molar refractivity (Wildman–Crippen MR) is 308 cm³/mol. The van der Waals surface area contributed by atoms with Gasteiger partial charge in [0, 0.05) is 25.5 Å². The molecule has 15 rings (SSSR count). The predicted octanol–water partition coefficient (Wildman–Crippen LogP) is 19.0. The highest BCUT2D eigenvalue weighted by molar-refractivity contribution is 6.29. The minimum atomic E-state index is 1.11. The van der Waals surface area contributed by atoms with E-state index in [-0.39, 0.29) is 0 Å². The molecule has 13 aromatic rings. The van der Waals surface area contributed by atoms with E-state index >= 15 is 0 Å². The van der Waals surface area contributed by atoms with Gasteiger partial charge in [-0.15, -0.1) is 0 Å². The molecule has 0 saturated carbocycles. The number of fused-ring (bicyclic) bond motifs is 12. The number of para-hydroxylation sites is 8. The highest BCUT2D eigenvalue weighted by atomic mass is 15.3. The second kappa shape index (κ2) is 15.6. The van der Waals surface area contributed by atoms with Gasteiger partial charge in [0.2, 0.25) is 0 Å². The van der Waals surface area contributed by atoms with Crippen molar-refractivity contribution in [3.63, 3.8) is 0 Å². The topological polar surface area (TPSA) is 13.0 Å². The van der Waals surface area contributed by atoms with Gasteiger partial charge in [0.05, 0.1) is 45.5 Å². The van der Waals surface area contributed by atoms with E-state index in [9.17, 15) is 0 Å². The Balaban J connectivity index is 1.13. The summed E-state index contributed by atoms with van der Waals surface area (Å²) in [5.41, 5.74) is 16.3. The Kier molecular flexibility index (Phi) is 8.75. The summed E-state index contributed by atoms with van der Waals surface area (Å²) in [7, 11) is 4.36. The SMILES string of the molecule is CN1c2ccccc2N(c2ccc3c(-c4cc5ccccc5c5ccccc45)c4cc(N5c6ccccc6N(C)c6ccccc65)ccc4c(-c4cc5ccccc5c5ccccc45)c3c2)c2ccccc21. The monoisotopic (exact) mass is 918 g/mol. The lowest BCUT2D eigenvalue weighted by Crippen LogP contribution is -2.24. The van der Waals surface area contributed by atoms with E-state index < -0.39 is 0 Å². The fraction of sp³-hybridized carbons (Fsp3) is 0.0294. The van der Waals surface area contributed by atoms with Crippen LogP contribution in [0.15, 0.2) is 243 Å². The molecule has 72 heavy (non-hydrogen) atoms. The molecule has 0 bridgehead atoms. The van der Waals surface area contributed by atoms with Crippen LogP contribution in [0.4, 0.5) is 56.9 Å². The molecule has 0 unspecified atom stereocenters. The van der Waals surface area contributed by atoms with Gasteiger partial charge in [0.1, 0.15) is 0 Å². The minimum Gasteiger partial charge on any atom is -0.341 e. The van der Waals surface area contributed by atoms with Crippen molar-refractivity contribution in [2.45, 2.75) is 0 Å². The summed E-state index contributed by atoms with van der Waals surface area (Å²) in [6.07, 6.45) is 0. The first-order valence-corrected chi connectivity index (χ1v) is 24.9. The quantitative estimate of drug-likeness (QED) is 0.129. The van der Waals surface area contributed by atoms with Gasteiger partial charge >= 0.3 is 0 Å². The van der Waals surface area contributed by atoms with Crippen LogP contribution in [0.1, 0.15) is 0 Å². The largest absolute Gasteiger partial charge is 0.341 e. The van der Waals surface area contributed by atoms with Crippen molar-refractivity contribution < 1.29 is 0 Å². The summed E-state index contributed by atoms with van der Waals surface area (Å²) >= 11 is 0. The molecule has 0 atom stereocenters. The fourth-order valence-corrected chi connectivity index (χ4v) is 12.4. The average Bonchev–Trinajstić information content (AvgIpc) is 3.44. The van der Waals surface area contributed by atoms with Gasteiger partial charge in [-0.3, -0.25) is 0 Å². The molecule has 0 radical (unpaired) electrons. The molecule has 2 heterocycles. The minimum absolute atomic E-state index is 1.11. The maximum absolute atomic E-state index is 2.49. The van der Waals surface area contributed by atoms with Gasteiger partial charge in [0.15, 0.2) is 0 Å². The summed E-state index contributed by atoms with van der Waals surface area (Å²) in [4.78, 5) is 9.57. The van der Waals surface area contributed by atoms with Crippen molar-refractivity contribution in [1.82, 2.24) is 0 Å². The zero-order chi connectivity index (χ0) is 47.6.